The second kappa shape index (κ2) is 6.33. The minimum absolute atomic E-state index is 0.0165. The number of hydrogen-bond donors (Lipinski definition) is 1. The van der Waals surface area contributed by atoms with Crippen LogP contribution in [-0.2, 0) is 0 Å². The van der Waals surface area contributed by atoms with Gasteiger partial charge in [0.15, 0.2) is 5.78 Å². The van der Waals surface area contributed by atoms with Crippen molar-refractivity contribution < 1.29 is 9.18 Å². The smallest absolute Gasteiger partial charge is 0.164 e. The summed E-state index contributed by atoms with van der Waals surface area (Å²) in [5.74, 6) is -0.308. The van der Waals surface area contributed by atoms with Gasteiger partial charge in [-0.1, -0.05) is 12.1 Å². The van der Waals surface area contributed by atoms with Crippen molar-refractivity contribution in [2.75, 3.05) is 11.9 Å². The van der Waals surface area contributed by atoms with Gasteiger partial charge in [-0.15, -0.1) is 0 Å². The third kappa shape index (κ3) is 3.44. The van der Waals surface area contributed by atoms with Crippen LogP contribution in [0.25, 0.3) is 0 Å². The number of aryl methyl sites for hydroxylation is 1. The lowest BCUT2D eigenvalue weighted by atomic mass is 10.1. The second-order valence-electron chi connectivity index (χ2n) is 4.85. The van der Waals surface area contributed by atoms with E-state index in [4.69, 9.17) is 0 Å². The Hall–Kier alpha value is -2.16. The number of carbonyl (C=O) groups is 1. The summed E-state index contributed by atoms with van der Waals surface area (Å²) in [6.07, 6.45) is 0.388. The van der Waals surface area contributed by atoms with Crippen LogP contribution in [-0.4, -0.2) is 12.3 Å². The largest absolute Gasteiger partial charge is 0.384 e. The van der Waals surface area contributed by atoms with Gasteiger partial charge in [0.2, 0.25) is 0 Å². The van der Waals surface area contributed by atoms with E-state index in [9.17, 15) is 9.18 Å². The zero-order valence-electron chi connectivity index (χ0n) is 11.7. The van der Waals surface area contributed by atoms with E-state index in [2.05, 4.69) is 25.2 Å². The lowest BCUT2D eigenvalue weighted by Crippen LogP contribution is -2.09. The fourth-order valence-corrected chi connectivity index (χ4v) is 2.03. The molecule has 0 aliphatic heterocycles. The predicted octanol–water partition coefficient (Wildman–Crippen LogP) is 4.13. The zero-order valence-corrected chi connectivity index (χ0v) is 11.7. The van der Waals surface area contributed by atoms with E-state index in [-0.39, 0.29) is 11.6 Å². The van der Waals surface area contributed by atoms with Gasteiger partial charge in [-0.05, 0) is 55.3 Å². The molecule has 1 N–H and O–H groups in total. The Bertz CT molecular complexity index is 605. The first kappa shape index (κ1) is 14.3. The van der Waals surface area contributed by atoms with Crippen molar-refractivity contribution in [2.45, 2.75) is 20.3 Å². The molecule has 0 saturated heterocycles. The van der Waals surface area contributed by atoms with Gasteiger partial charge in [0.05, 0.1) is 0 Å². The van der Waals surface area contributed by atoms with Gasteiger partial charge in [-0.2, -0.15) is 0 Å². The molecule has 0 amide bonds. The molecule has 3 heteroatoms. The van der Waals surface area contributed by atoms with Crippen molar-refractivity contribution in [3.63, 3.8) is 0 Å². The first-order chi connectivity index (χ1) is 9.58. The van der Waals surface area contributed by atoms with Gasteiger partial charge in [0.1, 0.15) is 5.82 Å². The predicted molar refractivity (Wildman–Crippen MR) is 79.8 cm³/mol. The molecule has 0 saturated carbocycles. The highest BCUT2D eigenvalue weighted by molar-refractivity contribution is 5.96. The monoisotopic (exact) mass is 271 g/mol. The summed E-state index contributed by atoms with van der Waals surface area (Å²) in [7, 11) is 0. The Morgan fingerprint density at radius 1 is 1.10 bits per heavy atom. The van der Waals surface area contributed by atoms with Gasteiger partial charge < -0.3 is 5.32 Å². The molecule has 0 spiro atoms. The van der Waals surface area contributed by atoms with Gasteiger partial charge in [-0.25, -0.2) is 4.39 Å². The van der Waals surface area contributed by atoms with Crippen LogP contribution in [0.3, 0.4) is 0 Å². The fourth-order valence-electron chi connectivity index (χ4n) is 2.03. The zero-order chi connectivity index (χ0) is 14.5. The number of halogens is 1. The maximum Gasteiger partial charge on any atom is 0.164 e. The fraction of sp³-hybridized carbons (Fsp3) is 0.235. The van der Waals surface area contributed by atoms with Crippen molar-refractivity contribution in [2.24, 2.45) is 0 Å². The lowest BCUT2D eigenvalue weighted by molar-refractivity contribution is 0.0986. The highest BCUT2D eigenvalue weighted by atomic mass is 19.1. The van der Waals surface area contributed by atoms with Crippen LogP contribution in [0.4, 0.5) is 10.1 Å². The Morgan fingerprint density at radius 3 is 2.50 bits per heavy atom. The van der Waals surface area contributed by atoms with Crippen molar-refractivity contribution in [1.82, 2.24) is 0 Å². The standard InChI is InChI=1S/C17H18FNO/c1-12-4-3-5-16(13(12)2)19-11-10-17(20)14-6-8-15(18)9-7-14/h3-9,19H,10-11H2,1-2H3. The normalized spacial score (nSPS) is 10.3. The number of ketones is 1. The molecular formula is C17H18FNO. The van der Waals surface area contributed by atoms with Crippen LogP contribution in [0.1, 0.15) is 27.9 Å². The molecule has 0 unspecified atom stereocenters. The number of hydrogen-bond acceptors (Lipinski definition) is 2. The van der Waals surface area contributed by atoms with Crippen molar-refractivity contribution in [3.05, 3.63) is 65.0 Å². The SMILES string of the molecule is Cc1cccc(NCCC(=O)c2ccc(F)cc2)c1C. The van der Waals surface area contributed by atoms with Crippen molar-refractivity contribution in [1.29, 1.82) is 0 Å². The molecular weight excluding hydrogens is 253 g/mol. The summed E-state index contributed by atoms with van der Waals surface area (Å²) >= 11 is 0. The maximum atomic E-state index is 12.8. The molecule has 104 valence electrons. The van der Waals surface area contributed by atoms with E-state index in [0.29, 0.717) is 18.5 Å². The van der Waals surface area contributed by atoms with Gasteiger partial charge in [0, 0.05) is 24.2 Å². The Labute approximate surface area is 118 Å². The molecule has 0 aliphatic carbocycles. The van der Waals surface area contributed by atoms with Crippen molar-refractivity contribution in [3.8, 4) is 0 Å². The van der Waals surface area contributed by atoms with Crippen LogP contribution in [0.2, 0.25) is 0 Å². The van der Waals surface area contributed by atoms with Gasteiger partial charge in [0.25, 0.3) is 0 Å². The molecule has 0 bridgehead atoms. The summed E-state index contributed by atoms with van der Waals surface area (Å²) in [5.41, 5.74) is 4.02. The molecule has 0 heterocycles. The highest BCUT2D eigenvalue weighted by Gasteiger charge is 2.06. The molecule has 0 fully saturated rings. The average Bonchev–Trinajstić information content (AvgIpc) is 2.44. The van der Waals surface area contributed by atoms with E-state index in [0.717, 1.165) is 5.69 Å². The Kier molecular flexibility index (Phi) is 4.51. The Balaban J connectivity index is 1.91. The lowest BCUT2D eigenvalue weighted by Gasteiger charge is -2.11. The summed E-state index contributed by atoms with van der Waals surface area (Å²) in [4.78, 5) is 11.9. The van der Waals surface area contributed by atoms with E-state index in [1.807, 2.05) is 12.1 Å². The van der Waals surface area contributed by atoms with Crippen LogP contribution < -0.4 is 5.32 Å². The number of carbonyl (C=O) groups excluding carboxylic acids is 1. The van der Waals surface area contributed by atoms with Gasteiger partial charge in [-0.3, -0.25) is 4.79 Å². The first-order valence-electron chi connectivity index (χ1n) is 6.67. The summed E-state index contributed by atoms with van der Waals surface area (Å²) in [6.45, 7) is 4.68. The quantitative estimate of drug-likeness (QED) is 0.828. The molecule has 0 atom stereocenters. The molecule has 20 heavy (non-hydrogen) atoms. The molecule has 2 rings (SSSR count). The summed E-state index contributed by atoms with van der Waals surface area (Å²) in [6, 6.07) is 11.7. The summed E-state index contributed by atoms with van der Waals surface area (Å²) in [5, 5.41) is 3.27. The number of benzene rings is 2. The second-order valence-corrected chi connectivity index (χ2v) is 4.85. The van der Waals surface area contributed by atoms with E-state index >= 15 is 0 Å². The molecule has 2 nitrogen and oxygen atoms in total. The third-order valence-corrected chi connectivity index (χ3v) is 3.44. The molecule has 2 aromatic rings. The van der Waals surface area contributed by atoms with E-state index in [1.165, 1.54) is 35.4 Å². The first-order valence-corrected chi connectivity index (χ1v) is 6.67. The minimum atomic E-state index is -0.324. The molecule has 0 radical (unpaired) electrons. The van der Waals surface area contributed by atoms with Crippen LogP contribution >= 0.6 is 0 Å². The average molecular weight is 271 g/mol. The van der Waals surface area contributed by atoms with E-state index < -0.39 is 0 Å². The molecule has 0 aliphatic rings. The third-order valence-electron chi connectivity index (χ3n) is 3.44. The van der Waals surface area contributed by atoms with E-state index in [1.54, 1.807) is 0 Å². The highest BCUT2D eigenvalue weighted by Crippen LogP contribution is 2.18. The van der Waals surface area contributed by atoms with Crippen LogP contribution in [0, 0.1) is 19.7 Å². The van der Waals surface area contributed by atoms with Gasteiger partial charge >= 0.3 is 0 Å². The van der Waals surface area contributed by atoms with Crippen LogP contribution in [0.15, 0.2) is 42.5 Å². The molecule has 0 aromatic heterocycles. The molecule has 2 aromatic carbocycles. The number of rotatable bonds is 5. The maximum absolute atomic E-state index is 12.8. The topological polar surface area (TPSA) is 29.1 Å². The number of anilines is 1. The summed E-state index contributed by atoms with van der Waals surface area (Å²) < 4.78 is 12.8. The van der Waals surface area contributed by atoms with Crippen LogP contribution in [0.5, 0.6) is 0 Å². The van der Waals surface area contributed by atoms with Crippen molar-refractivity contribution >= 4 is 11.5 Å². The minimum Gasteiger partial charge on any atom is -0.384 e. The number of Topliss-reactive ketones (excluding diaryl/α,β-unsaturated/α-hetero) is 1. The number of nitrogens with one attached hydrogen (secondary N) is 1. The Morgan fingerprint density at radius 2 is 1.80 bits per heavy atom.